The molecule has 2 aromatic carbocycles. The van der Waals surface area contributed by atoms with Gasteiger partial charge in [0.2, 0.25) is 0 Å². The lowest BCUT2D eigenvalue weighted by molar-refractivity contribution is -0.122. The van der Waals surface area contributed by atoms with Crippen molar-refractivity contribution in [3.05, 3.63) is 70.8 Å². The summed E-state index contributed by atoms with van der Waals surface area (Å²) in [6.45, 7) is 4.99. The molecule has 0 unspecified atom stereocenters. The molecule has 0 spiro atoms. The van der Waals surface area contributed by atoms with Crippen LogP contribution in [0.25, 0.3) is 0 Å². The topological polar surface area (TPSA) is 61.4 Å². The van der Waals surface area contributed by atoms with Crippen LogP contribution in [0.15, 0.2) is 48.5 Å². The molecule has 126 valence electrons. The number of nitrogens with zero attached hydrogens (tertiary/aromatic N) is 1. The molecule has 0 heterocycles. The van der Waals surface area contributed by atoms with Gasteiger partial charge in [0.1, 0.15) is 0 Å². The lowest BCUT2D eigenvalue weighted by Crippen LogP contribution is -2.45. The lowest BCUT2D eigenvalue weighted by atomic mass is 10.1. The zero-order valence-corrected chi connectivity index (χ0v) is 14.3. The maximum absolute atomic E-state index is 12.0. The van der Waals surface area contributed by atoms with Crippen LogP contribution in [0.5, 0.6) is 0 Å². The monoisotopic (exact) mass is 325 g/mol. The van der Waals surface area contributed by atoms with Gasteiger partial charge in [-0.1, -0.05) is 42.0 Å². The van der Waals surface area contributed by atoms with E-state index in [0.29, 0.717) is 12.1 Å². The standard InChI is InChI=1S/C19H23N3O2/c1-14-9-10-17(15(2)11-14)12-22(3)13-18(23)20-21-19(24)16-7-5-4-6-8-16/h4-11H,12-13H2,1-3H3,(H,20,23)(H,21,24). The Balaban J connectivity index is 1.80. The highest BCUT2D eigenvalue weighted by Crippen LogP contribution is 2.12. The van der Waals surface area contributed by atoms with Gasteiger partial charge in [0, 0.05) is 12.1 Å². The van der Waals surface area contributed by atoms with Crippen molar-refractivity contribution in [1.29, 1.82) is 0 Å². The van der Waals surface area contributed by atoms with E-state index >= 15 is 0 Å². The number of rotatable bonds is 5. The van der Waals surface area contributed by atoms with Crippen LogP contribution in [-0.4, -0.2) is 30.3 Å². The van der Waals surface area contributed by atoms with Crippen molar-refractivity contribution in [2.45, 2.75) is 20.4 Å². The van der Waals surface area contributed by atoms with Gasteiger partial charge in [-0.25, -0.2) is 0 Å². The Morgan fingerprint density at radius 1 is 1.00 bits per heavy atom. The van der Waals surface area contributed by atoms with Crippen LogP contribution in [-0.2, 0) is 11.3 Å². The van der Waals surface area contributed by atoms with E-state index < -0.39 is 0 Å². The third-order valence-corrected chi connectivity index (χ3v) is 3.70. The van der Waals surface area contributed by atoms with Crippen LogP contribution < -0.4 is 10.9 Å². The van der Waals surface area contributed by atoms with Gasteiger partial charge in [-0.05, 0) is 44.2 Å². The summed E-state index contributed by atoms with van der Waals surface area (Å²) in [7, 11) is 1.87. The Labute approximate surface area is 142 Å². The molecule has 5 heteroatoms. The number of likely N-dealkylation sites (N-methyl/N-ethyl adjacent to an activating group) is 1. The van der Waals surface area contributed by atoms with E-state index in [9.17, 15) is 9.59 Å². The number of hydrogen-bond acceptors (Lipinski definition) is 3. The molecule has 2 aromatic rings. The summed E-state index contributed by atoms with van der Waals surface area (Å²) < 4.78 is 0. The first-order valence-corrected chi connectivity index (χ1v) is 7.84. The molecule has 0 aliphatic rings. The van der Waals surface area contributed by atoms with E-state index in [1.165, 1.54) is 16.7 Å². The molecule has 2 N–H and O–H groups in total. The fourth-order valence-electron chi connectivity index (χ4n) is 2.44. The van der Waals surface area contributed by atoms with Gasteiger partial charge in [-0.2, -0.15) is 0 Å². The molecular weight excluding hydrogens is 302 g/mol. The molecule has 0 radical (unpaired) electrons. The van der Waals surface area contributed by atoms with Gasteiger partial charge in [-0.3, -0.25) is 25.3 Å². The maximum Gasteiger partial charge on any atom is 0.269 e. The third kappa shape index (κ3) is 5.21. The van der Waals surface area contributed by atoms with Crippen LogP contribution in [0, 0.1) is 13.8 Å². The van der Waals surface area contributed by atoms with Gasteiger partial charge in [0.05, 0.1) is 6.54 Å². The van der Waals surface area contributed by atoms with Crippen molar-refractivity contribution >= 4 is 11.8 Å². The number of hydrogen-bond donors (Lipinski definition) is 2. The van der Waals surface area contributed by atoms with Crippen molar-refractivity contribution in [2.24, 2.45) is 0 Å². The molecule has 0 aliphatic heterocycles. The van der Waals surface area contributed by atoms with Crippen molar-refractivity contribution in [3.8, 4) is 0 Å². The maximum atomic E-state index is 12.0. The highest BCUT2D eigenvalue weighted by Gasteiger charge is 2.10. The van der Waals surface area contributed by atoms with E-state index in [0.717, 1.165) is 0 Å². The van der Waals surface area contributed by atoms with Crippen LogP contribution in [0.4, 0.5) is 0 Å². The smallest absolute Gasteiger partial charge is 0.269 e. The summed E-state index contributed by atoms with van der Waals surface area (Å²) in [6, 6.07) is 15.0. The minimum Gasteiger partial charge on any atom is -0.293 e. The highest BCUT2D eigenvalue weighted by atomic mass is 16.2. The average Bonchev–Trinajstić information content (AvgIpc) is 2.56. The molecule has 0 fully saturated rings. The number of nitrogens with one attached hydrogen (secondary N) is 2. The molecule has 0 aromatic heterocycles. The summed E-state index contributed by atoms with van der Waals surface area (Å²) in [5.74, 6) is -0.590. The molecule has 24 heavy (non-hydrogen) atoms. The summed E-state index contributed by atoms with van der Waals surface area (Å²) in [5.41, 5.74) is 8.98. The van der Waals surface area contributed by atoms with Crippen LogP contribution in [0.3, 0.4) is 0 Å². The number of hydrazine groups is 1. The quantitative estimate of drug-likeness (QED) is 0.829. The van der Waals surface area contributed by atoms with E-state index in [1.807, 2.05) is 18.0 Å². The fourth-order valence-corrected chi connectivity index (χ4v) is 2.44. The Bertz CT molecular complexity index is 714. The van der Waals surface area contributed by atoms with Gasteiger partial charge >= 0.3 is 0 Å². The van der Waals surface area contributed by atoms with Gasteiger partial charge < -0.3 is 0 Å². The van der Waals surface area contributed by atoms with Crippen molar-refractivity contribution in [2.75, 3.05) is 13.6 Å². The predicted molar refractivity (Wildman–Crippen MR) is 94.3 cm³/mol. The predicted octanol–water partition coefficient (Wildman–Crippen LogP) is 2.20. The van der Waals surface area contributed by atoms with Crippen molar-refractivity contribution in [3.63, 3.8) is 0 Å². The number of amides is 2. The molecule has 0 saturated heterocycles. The van der Waals surface area contributed by atoms with Gasteiger partial charge in [0.15, 0.2) is 0 Å². The molecule has 5 nitrogen and oxygen atoms in total. The van der Waals surface area contributed by atoms with Crippen molar-refractivity contribution < 1.29 is 9.59 Å². The molecule has 2 rings (SSSR count). The zero-order chi connectivity index (χ0) is 17.5. The molecule has 0 atom stereocenters. The average molecular weight is 325 g/mol. The molecule has 0 bridgehead atoms. The molecular formula is C19H23N3O2. The fraction of sp³-hybridized carbons (Fsp3) is 0.263. The highest BCUT2D eigenvalue weighted by molar-refractivity contribution is 5.95. The molecule has 0 saturated carbocycles. The van der Waals surface area contributed by atoms with E-state index in [4.69, 9.17) is 0 Å². The van der Waals surface area contributed by atoms with E-state index in [1.54, 1.807) is 24.3 Å². The number of aryl methyl sites for hydroxylation is 2. The second-order valence-electron chi connectivity index (χ2n) is 5.97. The van der Waals surface area contributed by atoms with Gasteiger partial charge in [0.25, 0.3) is 11.8 Å². The summed E-state index contributed by atoms with van der Waals surface area (Å²) >= 11 is 0. The Kier molecular flexibility index (Phi) is 6.09. The minimum absolute atomic E-state index is 0.197. The first kappa shape index (κ1) is 17.7. The normalized spacial score (nSPS) is 10.5. The molecule has 2 amide bonds. The minimum atomic E-state index is -0.332. The van der Waals surface area contributed by atoms with Crippen LogP contribution in [0.2, 0.25) is 0 Å². The SMILES string of the molecule is Cc1ccc(CN(C)CC(=O)NNC(=O)c2ccccc2)c(C)c1. The Hall–Kier alpha value is -2.66. The zero-order valence-electron chi connectivity index (χ0n) is 14.3. The second-order valence-corrected chi connectivity index (χ2v) is 5.97. The van der Waals surface area contributed by atoms with Gasteiger partial charge in [-0.15, -0.1) is 0 Å². The number of carbonyl (C=O) groups is 2. The first-order chi connectivity index (χ1) is 11.5. The van der Waals surface area contributed by atoms with E-state index in [2.05, 4.69) is 42.9 Å². The van der Waals surface area contributed by atoms with Crippen LogP contribution >= 0.6 is 0 Å². The molecule has 0 aliphatic carbocycles. The van der Waals surface area contributed by atoms with Crippen molar-refractivity contribution in [1.82, 2.24) is 15.8 Å². The van der Waals surface area contributed by atoms with E-state index in [-0.39, 0.29) is 18.4 Å². The second kappa shape index (κ2) is 8.26. The lowest BCUT2D eigenvalue weighted by Gasteiger charge is -2.18. The third-order valence-electron chi connectivity index (χ3n) is 3.70. The number of benzene rings is 2. The first-order valence-electron chi connectivity index (χ1n) is 7.84. The summed E-state index contributed by atoms with van der Waals surface area (Å²) in [4.78, 5) is 25.7. The largest absolute Gasteiger partial charge is 0.293 e. The summed E-state index contributed by atoms with van der Waals surface area (Å²) in [6.07, 6.45) is 0. The van der Waals surface area contributed by atoms with Crippen LogP contribution in [0.1, 0.15) is 27.0 Å². The Morgan fingerprint density at radius 3 is 2.38 bits per heavy atom. The Morgan fingerprint density at radius 2 is 1.71 bits per heavy atom. The number of carbonyl (C=O) groups excluding carboxylic acids is 2. The summed E-state index contributed by atoms with van der Waals surface area (Å²) in [5, 5.41) is 0.